The molecule has 1 aliphatic rings. The zero-order valence-electron chi connectivity index (χ0n) is 8.68. The van der Waals surface area contributed by atoms with Crippen LogP contribution in [0, 0.1) is 17.2 Å². The molecular weight excluding hydrogens is 221 g/mol. The minimum atomic E-state index is -4.91. The van der Waals surface area contributed by atoms with Gasteiger partial charge in [-0.2, -0.15) is 18.4 Å². The summed E-state index contributed by atoms with van der Waals surface area (Å²) in [4.78, 5) is 10.7. The highest BCUT2D eigenvalue weighted by Crippen LogP contribution is 2.27. The molecule has 0 spiro atoms. The molecule has 0 aromatic heterocycles. The fraction of sp³-hybridized carbons (Fsp3) is 0.800. The lowest BCUT2D eigenvalue weighted by molar-refractivity contribution is -0.174. The van der Waals surface area contributed by atoms with Gasteiger partial charge in [0.05, 0.1) is 6.07 Å². The average molecular weight is 234 g/mol. The van der Waals surface area contributed by atoms with Crippen LogP contribution in [0.1, 0.15) is 32.1 Å². The average Bonchev–Trinajstić information content (AvgIpc) is 2.25. The Balaban J connectivity index is 2.55. The first kappa shape index (κ1) is 12.8. The quantitative estimate of drug-likeness (QED) is 0.795. The van der Waals surface area contributed by atoms with Gasteiger partial charge in [0.15, 0.2) is 0 Å². The second-order valence-electron chi connectivity index (χ2n) is 3.98. The molecule has 1 rings (SSSR count). The number of carbonyl (C=O) groups excluding carboxylic acids is 1. The smallest absolute Gasteiger partial charge is 0.332 e. The SMILES string of the molecule is N#CC(NC(=O)C(F)(F)F)C1CCCCC1. The van der Waals surface area contributed by atoms with Crippen LogP contribution in [0.5, 0.6) is 0 Å². The molecule has 16 heavy (non-hydrogen) atoms. The van der Waals surface area contributed by atoms with Crippen molar-refractivity contribution in [1.82, 2.24) is 5.32 Å². The molecule has 1 atom stereocenters. The maximum absolute atomic E-state index is 12.0. The van der Waals surface area contributed by atoms with E-state index < -0.39 is 18.1 Å². The van der Waals surface area contributed by atoms with Crippen LogP contribution in [-0.2, 0) is 4.79 Å². The van der Waals surface area contributed by atoms with Gasteiger partial charge in [0.25, 0.3) is 0 Å². The Bertz CT molecular complexity index is 289. The second kappa shape index (κ2) is 5.19. The monoisotopic (exact) mass is 234 g/mol. The van der Waals surface area contributed by atoms with Crippen molar-refractivity contribution in [2.75, 3.05) is 0 Å². The lowest BCUT2D eigenvalue weighted by atomic mass is 9.84. The van der Waals surface area contributed by atoms with Gasteiger partial charge in [0, 0.05) is 0 Å². The minimum absolute atomic E-state index is 0.148. The summed E-state index contributed by atoms with van der Waals surface area (Å²) in [5.74, 6) is -2.17. The van der Waals surface area contributed by atoms with Crippen molar-refractivity contribution in [3.63, 3.8) is 0 Å². The highest BCUT2D eigenvalue weighted by atomic mass is 19.4. The summed E-state index contributed by atoms with van der Waals surface area (Å²) in [7, 11) is 0. The number of nitrogens with one attached hydrogen (secondary N) is 1. The standard InChI is InChI=1S/C10H13F3N2O/c11-10(12,13)9(16)15-8(6-14)7-4-2-1-3-5-7/h7-8H,1-5H2,(H,15,16). The molecule has 1 fully saturated rings. The largest absolute Gasteiger partial charge is 0.471 e. The minimum Gasteiger partial charge on any atom is -0.332 e. The molecule has 0 radical (unpaired) electrons. The number of nitrogens with zero attached hydrogens (tertiary/aromatic N) is 1. The number of halogens is 3. The van der Waals surface area contributed by atoms with Crippen molar-refractivity contribution in [1.29, 1.82) is 5.26 Å². The van der Waals surface area contributed by atoms with E-state index in [0.29, 0.717) is 12.8 Å². The highest BCUT2D eigenvalue weighted by Gasteiger charge is 2.40. The van der Waals surface area contributed by atoms with Gasteiger partial charge in [-0.3, -0.25) is 4.79 Å². The molecule has 1 unspecified atom stereocenters. The third-order valence-electron chi connectivity index (χ3n) is 2.80. The first-order chi connectivity index (χ1) is 7.45. The Morgan fingerprint density at radius 3 is 2.31 bits per heavy atom. The maximum Gasteiger partial charge on any atom is 0.471 e. The van der Waals surface area contributed by atoms with E-state index in [-0.39, 0.29) is 5.92 Å². The van der Waals surface area contributed by atoms with E-state index in [1.54, 1.807) is 11.4 Å². The first-order valence-electron chi connectivity index (χ1n) is 5.22. The van der Waals surface area contributed by atoms with Crippen molar-refractivity contribution in [2.45, 2.75) is 44.3 Å². The van der Waals surface area contributed by atoms with Crippen LogP contribution < -0.4 is 5.32 Å². The van der Waals surface area contributed by atoms with Crippen LogP contribution in [-0.4, -0.2) is 18.1 Å². The number of carbonyl (C=O) groups is 1. The van der Waals surface area contributed by atoms with Gasteiger partial charge in [-0.15, -0.1) is 0 Å². The topological polar surface area (TPSA) is 52.9 Å². The van der Waals surface area contributed by atoms with Crippen LogP contribution in [0.2, 0.25) is 0 Å². The van der Waals surface area contributed by atoms with Crippen molar-refractivity contribution < 1.29 is 18.0 Å². The molecule has 0 bridgehead atoms. The van der Waals surface area contributed by atoms with Gasteiger partial charge < -0.3 is 5.32 Å². The molecule has 90 valence electrons. The summed E-state index contributed by atoms with van der Waals surface area (Å²) < 4.78 is 36.0. The van der Waals surface area contributed by atoms with Crippen LogP contribution >= 0.6 is 0 Å². The summed E-state index contributed by atoms with van der Waals surface area (Å²) in [6.45, 7) is 0. The van der Waals surface area contributed by atoms with Gasteiger partial charge in [0.2, 0.25) is 0 Å². The molecule has 0 saturated heterocycles. The lowest BCUT2D eigenvalue weighted by Gasteiger charge is -2.26. The van der Waals surface area contributed by atoms with Gasteiger partial charge in [-0.1, -0.05) is 19.3 Å². The number of amides is 1. The third-order valence-corrected chi connectivity index (χ3v) is 2.80. The molecule has 0 aromatic carbocycles. The number of hydrogen-bond donors (Lipinski definition) is 1. The normalized spacial score (nSPS) is 19.9. The molecule has 6 heteroatoms. The highest BCUT2D eigenvalue weighted by molar-refractivity contribution is 5.82. The maximum atomic E-state index is 12.0. The van der Waals surface area contributed by atoms with Crippen molar-refractivity contribution >= 4 is 5.91 Å². The Morgan fingerprint density at radius 2 is 1.88 bits per heavy atom. The van der Waals surface area contributed by atoms with Gasteiger partial charge in [-0.25, -0.2) is 0 Å². The predicted octanol–water partition coefficient (Wildman–Crippen LogP) is 2.14. The van der Waals surface area contributed by atoms with Crippen LogP contribution in [0.4, 0.5) is 13.2 Å². The predicted molar refractivity (Wildman–Crippen MR) is 50.2 cm³/mol. The van der Waals surface area contributed by atoms with E-state index in [1.807, 2.05) is 0 Å². The Hall–Kier alpha value is -1.25. The zero-order valence-corrected chi connectivity index (χ0v) is 8.68. The Kier molecular flexibility index (Phi) is 4.16. The Labute approximate surface area is 91.6 Å². The summed E-state index contributed by atoms with van der Waals surface area (Å²) in [5, 5.41) is 10.5. The lowest BCUT2D eigenvalue weighted by Crippen LogP contribution is -2.46. The molecular formula is C10H13F3N2O. The van der Waals surface area contributed by atoms with Gasteiger partial charge in [0.1, 0.15) is 6.04 Å². The zero-order chi connectivity index (χ0) is 12.2. The summed E-state index contributed by atoms with van der Waals surface area (Å²) in [6.07, 6.45) is -0.645. The van der Waals surface area contributed by atoms with Gasteiger partial charge >= 0.3 is 12.1 Å². The van der Waals surface area contributed by atoms with E-state index in [4.69, 9.17) is 5.26 Å². The number of alkyl halides is 3. The Morgan fingerprint density at radius 1 is 1.31 bits per heavy atom. The third kappa shape index (κ3) is 3.40. The fourth-order valence-electron chi connectivity index (χ4n) is 1.95. The number of rotatable bonds is 2. The molecule has 1 aliphatic carbocycles. The summed E-state index contributed by atoms with van der Waals surface area (Å²) in [5.41, 5.74) is 0. The second-order valence-corrected chi connectivity index (χ2v) is 3.98. The molecule has 3 nitrogen and oxygen atoms in total. The first-order valence-corrected chi connectivity index (χ1v) is 5.22. The molecule has 0 aromatic rings. The van der Waals surface area contributed by atoms with E-state index in [9.17, 15) is 18.0 Å². The number of hydrogen-bond acceptors (Lipinski definition) is 2. The summed E-state index contributed by atoms with van der Waals surface area (Å²) >= 11 is 0. The van der Waals surface area contributed by atoms with Crippen molar-refractivity contribution in [3.8, 4) is 6.07 Å². The van der Waals surface area contributed by atoms with Gasteiger partial charge in [-0.05, 0) is 18.8 Å². The summed E-state index contributed by atoms with van der Waals surface area (Å²) in [6, 6.07) is 0.724. The molecule has 0 heterocycles. The fourth-order valence-corrected chi connectivity index (χ4v) is 1.95. The van der Waals surface area contributed by atoms with Crippen molar-refractivity contribution in [2.24, 2.45) is 5.92 Å². The van der Waals surface area contributed by atoms with E-state index in [2.05, 4.69) is 0 Å². The number of nitriles is 1. The molecule has 0 aliphatic heterocycles. The van der Waals surface area contributed by atoms with Crippen molar-refractivity contribution in [3.05, 3.63) is 0 Å². The molecule has 1 N–H and O–H groups in total. The van der Waals surface area contributed by atoms with E-state index in [0.717, 1.165) is 19.3 Å². The van der Waals surface area contributed by atoms with Crippen LogP contribution in [0.15, 0.2) is 0 Å². The van der Waals surface area contributed by atoms with Crippen LogP contribution in [0.25, 0.3) is 0 Å². The molecule has 1 saturated carbocycles. The van der Waals surface area contributed by atoms with E-state index >= 15 is 0 Å². The van der Waals surface area contributed by atoms with Crippen LogP contribution in [0.3, 0.4) is 0 Å². The van der Waals surface area contributed by atoms with E-state index in [1.165, 1.54) is 0 Å². The molecule has 1 amide bonds.